The van der Waals surface area contributed by atoms with Crippen molar-refractivity contribution in [3.05, 3.63) is 52.5 Å². The van der Waals surface area contributed by atoms with E-state index in [1.807, 2.05) is 0 Å². The van der Waals surface area contributed by atoms with Crippen LogP contribution >= 0.6 is 35.4 Å². The summed E-state index contributed by atoms with van der Waals surface area (Å²) in [6.07, 6.45) is 0. The third-order valence-electron chi connectivity index (χ3n) is 2.80. The second-order valence-electron chi connectivity index (χ2n) is 4.46. The highest BCUT2D eigenvalue weighted by atomic mass is 35.5. The molecule has 2 rings (SSSR count). The zero-order valence-corrected chi connectivity index (χ0v) is 15.1. The first-order chi connectivity index (χ1) is 10.8. The predicted molar refractivity (Wildman–Crippen MR) is 99.0 cm³/mol. The van der Waals surface area contributed by atoms with E-state index in [0.29, 0.717) is 21.5 Å². The lowest BCUT2D eigenvalue weighted by Gasteiger charge is -2.12. The first kappa shape index (κ1) is 17.8. The van der Waals surface area contributed by atoms with Crippen LogP contribution in [0.2, 0.25) is 10.0 Å². The van der Waals surface area contributed by atoms with Crippen molar-refractivity contribution >= 4 is 61.9 Å². The van der Waals surface area contributed by atoms with E-state index >= 15 is 0 Å². The number of sulfonamides is 1. The van der Waals surface area contributed by atoms with Crippen LogP contribution in [-0.2, 0) is 10.0 Å². The topological polar surface area (TPSA) is 70.2 Å². The van der Waals surface area contributed by atoms with E-state index in [1.54, 1.807) is 37.4 Å². The van der Waals surface area contributed by atoms with Gasteiger partial charge in [-0.1, -0.05) is 23.2 Å². The first-order valence-corrected chi connectivity index (χ1v) is 9.03. The minimum Gasteiger partial charge on any atom is -0.366 e. The van der Waals surface area contributed by atoms with E-state index in [2.05, 4.69) is 15.4 Å². The van der Waals surface area contributed by atoms with Crippen molar-refractivity contribution in [2.45, 2.75) is 4.90 Å². The maximum atomic E-state index is 12.5. The number of halogens is 2. The van der Waals surface area contributed by atoms with Crippen LogP contribution in [0.1, 0.15) is 0 Å². The molecule has 0 saturated heterocycles. The van der Waals surface area contributed by atoms with Crippen LogP contribution in [0.3, 0.4) is 0 Å². The second kappa shape index (κ2) is 7.35. The molecule has 0 spiro atoms. The average Bonchev–Trinajstić information content (AvgIpc) is 2.51. The van der Waals surface area contributed by atoms with E-state index in [1.165, 1.54) is 12.1 Å². The van der Waals surface area contributed by atoms with Gasteiger partial charge in [0.1, 0.15) is 4.90 Å². The van der Waals surface area contributed by atoms with Gasteiger partial charge in [-0.2, -0.15) is 0 Å². The van der Waals surface area contributed by atoms with Crippen molar-refractivity contribution in [3.8, 4) is 0 Å². The van der Waals surface area contributed by atoms with Crippen molar-refractivity contribution in [3.63, 3.8) is 0 Å². The van der Waals surface area contributed by atoms with E-state index < -0.39 is 10.0 Å². The molecule has 2 aromatic carbocycles. The summed E-state index contributed by atoms with van der Waals surface area (Å²) in [5.41, 5.74) is 0.889. The smallest absolute Gasteiger partial charge is 0.263 e. The van der Waals surface area contributed by atoms with Crippen LogP contribution in [0, 0.1) is 0 Å². The Morgan fingerprint density at radius 2 is 1.65 bits per heavy atom. The third kappa shape index (κ3) is 4.71. The molecule has 0 heterocycles. The minimum atomic E-state index is -3.85. The summed E-state index contributed by atoms with van der Waals surface area (Å²) >= 11 is 16.8. The van der Waals surface area contributed by atoms with E-state index in [-0.39, 0.29) is 9.92 Å². The average molecular weight is 390 g/mol. The van der Waals surface area contributed by atoms with Gasteiger partial charge in [0.25, 0.3) is 10.0 Å². The number of hydrogen-bond acceptors (Lipinski definition) is 3. The molecule has 0 unspecified atom stereocenters. The maximum absolute atomic E-state index is 12.5. The number of rotatable bonds is 4. The first-order valence-electron chi connectivity index (χ1n) is 6.38. The summed E-state index contributed by atoms with van der Waals surface area (Å²) in [7, 11) is -2.19. The van der Waals surface area contributed by atoms with Crippen LogP contribution in [0.25, 0.3) is 0 Å². The van der Waals surface area contributed by atoms with Gasteiger partial charge in [-0.25, -0.2) is 8.42 Å². The standard InChI is InChI=1S/C14H13Cl2N3O2S2/c1-17-14(22)18-11-6-7-12(16)13(8-11)23(20,21)19-10-4-2-9(15)3-5-10/h2-8,19H,1H3,(H2,17,18,22). The van der Waals surface area contributed by atoms with Crippen LogP contribution in [-0.4, -0.2) is 20.6 Å². The highest BCUT2D eigenvalue weighted by Crippen LogP contribution is 2.27. The van der Waals surface area contributed by atoms with Crippen molar-refractivity contribution in [2.75, 3.05) is 17.1 Å². The highest BCUT2D eigenvalue weighted by molar-refractivity contribution is 7.92. The Balaban J connectivity index is 2.32. The summed E-state index contributed by atoms with van der Waals surface area (Å²) in [5.74, 6) is 0. The summed E-state index contributed by atoms with van der Waals surface area (Å²) in [4.78, 5) is -0.0574. The predicted octanol–water partition coefficient (Wildman–Crippen LogP) is 3.71. The Bertz CT molecular complexity index is 824. The minimum absolute atomic E-state index is 0.0574. The largest absolute Gasteiger partial charge is 0.366 e. The number of thiocarbonyl (C=S) groups is 1. The lowest BCUT2D eigenvalue weighted by Crippen LogP contribution is -2.24. The van der Waals surface area contributed by atoms with Gasteiger partial charge < -0.3 is 10.6 Å². The Hall–Kier alpha value is -1.54. The van der Waals surface area contributed by atoms with E-state index in [4.69, 9.17) is 35.4 Å². The molecule has 0 amide bonds. The Labute approximate surface area is 150 Å². The number of hydrogen-bond donors (Lipinski definition) is 3. The molecule has 9 heteroatoms. The molecule has 23 heavy (non-hydrogen) atoms. The van der Waals surface area contributed by atoms with Gasteiger partial charge in [0.2, 0.25) is 0 Å². The normalized spacial score (nSPS) is 10.9. The van der Waals surface area contributed by atoms with Crippen molar-refractivity contribution in [2.24, 2.45) is 0 Å². The zero-order chi connectivity index (χ0) is 17.0. The van der Waals surface area contributed by atoms with Crippen LogP contribution in [0.15, 0.2) is 47.4 Å². The van der Waals surface area contributed by atoms with Gasteiger partial charge in [0.05, 0.1) is 5.02 Å². The van der Waals surface area contributed by atoms with Crippen molar-refractivity contribution in [1.82, 2.24) is 5.32 Å². The van der Waals surface area contributed by atoms with Crippen LogP contribution in [0.4, 0.5) is 11.4 Å². The summed E-state index contributed by atoms with van der Waals surface area (Å²) < 4.78 is 27.5. The summed E-state index contributed by atoms with van der Waals surface area (Å²) in [5, 5.41) is 6.57. The van der Waals surface area contributed by atoms with E-state index in [9.17, 15) is 8.42 Å². The lowest BCUT2D eigenvalue weighted by atomic mass is 10.3. The summed E-state index contributed by atoms with van der Waals surface area (Å²) in [6, 6.07) is 10.8. The Kier molecular flexibility index (Phi) is 5.69. The molecule has 0 radical (unpaired) electrons. The van der Waals surface area contributed by atoms with E-state index in [0.717, 1.165) is 0 Å². The molecule has 0 aliphatic carbocycles. The molecular weight excluding hydrogens is 377 g/mol. The molecule has 0 saturated carbocycles. The molecule has 0 atom stereocenters. The molecule has 0 fully saturated rings. The Morgan fingerprint density at radius 3 is 2.26 bits per heavy atom. The molecule has 2 aromatic rings. The number of anilines is 2. The fraction of sp³-hybridized carbons (Fsp3) is 0.0714. The molecule has 0 aliphatic rings. The molecule has 0 bridgehead atoms. The third-order valence-corrected chi connectivity index (χ3v) is 5.22. The van der Waals surface area contributed by atoms with Gasteiger partial charge in [0, 0.05) is 23.4 Å². The quantitative estimate of drug-likeness (QED) is 0.695. The molecule has 0 aliphatic heterocycles. The second-order valence-corrected chi connectivity index (χ2v) is 7.36. The SMILES string of the molecule is CNC(=S)Nc1ccc(Cl)c(S(=O)(=O)Nc2ccc(Cl)cc2)c1. The molecule has 3 N–H and O–H groups in total. The van der Waals surface area contributed by atoms with Crippen molar-refractivity contribution < 1.29 is 8.42 Å². The number of nitrogens with one attached hydrogen (secondary N) is 3. The number of benzene rings is 2. The van der Waals surface area contributed by atoms with Gasteiger partial charge >= 0.3 is 0 Å². The van der Waals surface area contributed by atoms with Gasteiger partial charge in [-0.15, -0.1) is 0 Å². The van der Waals surface area contributed by atoms with Crippen LogP contribution < -0.4 is 15.4 Å². The van der Waals surface area contributed by atoms with Gasteiger partial charge in [-0.05, 0) is 54.7 Å². The fourth-order valence-electron chi connectivity index (χ4n) is 1.71. The lowest BCUT2D eigenvalue weighted by molar-refractivity contribution is 0.601. The molecular formula is C14H13Cl2N3O2S2. The molecule has 0 aromatic heterocycles. The Morgan fingerprint density at radius 1 is 1.04 bits per heavy atom. The molecule has 5 nitrogen and oxygen atoms in total. The summed E-state index contributed by atoms with van der Waals surface area (Å²) in [6.45, 7) is 0. The monoisotopic (exact) mass is 389 g/mol. The highest BCUT2D eigenvalue weighted by Gasteiger charge is 2.19. The van der Waals surface area contributed by atoms with Gasteiger partial charge in [0.15, 0.2) is 5.11 Å². The van der Waals surface area contributed by atoms with Crippen molar-refractivity contribution in [1.29, 1.82) is 0 Å². The van der Waals surface area contributed by atoms with Crippen LogP contribution in [0.5, 0.6) is 0 Å². The fourth-order valence-corrected chi connectivity index (χ4v) is 3.54. The molecule has 122 valence electrons. The zero-order valence-electron chi connectivity index (χ0n) is 11.9. The van der Waals surface area contributed by atoms with Gasteiger partial charge in [-0.3, -0.25) is 4.72 Å². The maximum Gasteiger partial charge on any atom is 0.263 e.